The Hall–Kier alpha value is -0.590. The van der Waals surface area contributed by atoms with Gasteiger partial charge in [-0.1, -0.05) is 26.3 Å². The largest absolute Gasteiger partial charge is 0.295 e. The molecule has 0 amide bonds. The van der Waals surface area contributed by atoms with E-state index in [4.69, 9.17) is 0 Å². The molecule has 0 aromatic heterocycles. The molecule has 0 spiro atoms. The molecular formula is C10H16O. The van der Waals surface area contributed by atoms with Gasteiger partial charge >= 0.3 is 0 Å². The molecule has 0 saturated heterocycles. The molecule has 0 radical (unpaired) electrons. The number of hydrogen-bond donors (Lipinski definition) is 0. The Morgan fingerprint density at radius 1 is 1.64 bits per heavy atom. The van der Waals surface area contributed by atoms with Crippen LogP contribution in [0.5, 0.6) is 0 Å². The highest BCUT2D eigenvalue weighted by Crippen LogP contribution is 2.25. The Balaban J connectivity index is 2.59. The van der Waals surface area contributed by atoms with E-state index in [1.54, 1.807) is 6.08 Å². The average Bonchev–Trinajstić information content (AvgIpc) is 1.97. The van der Waals surface area contributed by atoms with Crippen LogP contribution in [0.1, 0.15) is 33.1 Å². The summed E-state index contributed by atoms with van der Waals surface area (Å²) in [6.07, 6.45) is 7.01. The molecule has 0 fully saturated rings. The molecule has 1 heteroatoms. The smallest absolute Gasteiger partial charge is 0.158 e. The third-order valence-corrected chi connectivity index (χ3v) is 2.44. The van der Waals surface area contributed by atoms with Gasteiger partial charge < -0.3 is 0 Å². The van der Waals surface area contributed by atoms with Crippen LogP contribution in [-0.2, 0) is 4.79 Å². The zero-order valence-corrected chi connectivity index (χ0v) is 7.34. The van der Waals surface area contributed by atoms with Crippen molar-refractivity contribution in [1.82, 2.24) is 0 Å². The SMILES string of the molecule is CCCC1C(=O)C=CCC1C. The number of carbonyl (C=O) groups excluding carboxylic acids is 1. The topological polar surface area (TPSA) is 17.1 Å². The number of rotatable bonds is 2. The lowest BCUT2D eigenvalue weighted by Crippen LogP contribution is -2.22. The molecule has 2 unspecified atom stereocenters. The van der Waals surface area contributed by atoms with E-state index in [1.165, 1.54) is 0 Å². The molecule has 0 N–H and O–H groups in total. The van der Waals surface area contributed by atoms with Crippen molar-refractivity contribution in [2.75, 3.05) is 0 Å². The van der Waals surface area contributed by atoms with Crippen LogP contribution in [0.15, 0.2) is 12.2 Å². The third-order valence-electron chi connectivity index (χ3n) is 2.44. The van der Waals surface area contributed by atoms with Crippen LogP contribution in [0.3, 0.4) is 0 Å². The summed E-state index contributed by atoms with van der Waals surface area (Å²) in [6, 6.07) is 0. The van der Waals surface area contributed by atoms with Crippen molar-refractivity contribution < 1.29 is 4.79 Å². The fourth-order valence-corrected chi connectivity index (χ4v) is 1.70. The number of hydrogen-bond acceptors (Lipinski definition) is 1. The van der Waals surface area contributed by atoms with Gasteiger partial charge in [0.15, 0.2) is 5.78 Å². The van der Waals surface area contributed by atoms with E-state index in [0.717, 1.165) is 19.3 Å². The van der Waals surface area contributed by atoms with Crippen LogP contribution < -0.4 is 0 Å². The van der Waals surface area contributed by atoms with Crippen molar-refractivity contribution in [3.8, 4) is 0 Å². The Labute approximate surface area is 68.5 Å². The van der Waals surface area contributed by atoms with Gasteiger partial charge in [-0.3, -0.25) is 4.79 Å². The van der Waals surface area contributed by atoms with E-state index in [2.05, 4.69) is 13.8 Å². The molecule has 1 aliphatic carbocycles. The fourth-order valence-electron chi connectivity index (χ4n) is 1.70. The fraction of sp³-hybridized carbons (Fsp3) is 0.700. The van der Waals surface area contributed by atoms with Crippen LogP contribution in [0, 0.1) is 11.8 Å². The highest BCUT2D eigenvalue weighted by Gasteiger charge is 2.23. The van der Waals surface area contributed by atoms with Crippen molar-refractivity contribution in [2.24, 2.45) is 11.8 Å². The van der Waals surface area contributed by atoms with Crippen molar-refractivity contribution in [3.05, 3.63) is 12.2 Å². The third kappa shape index (κ3) is 1.92. The maximum absolute atomic E-state index is 11.3. The summed E-state index contributed by atoms with van der Waals surface area (Å²) in [6.45, 7) is 4.31. The van der Waals surface area contributed by atoms with Crippen LogP contribution >= 0.6 is 0 Å². The van der Waals surface area contributed by atoms with Gasteiger partial charge in [-0.15, -0.1) is 0 Å². The van der Waals surface area contributed by atoms with E-state index in [0.29, 0.717) is 17.6 Å². The molecule has 2 atom stereocenters. The maximum Gasteiger partial charge on any atom is 0.158 e. The minimum Gasteiger partial charge on any atom is -0.295 e. The minimum atomic E-state index is 0.310. The quantitative estimate of drug-likeness (QED) is 0.594. The molecule has 1 nitrogen and oxygen atoms in total. The van der Waals surface area contributed by atoms with Crippen LogP contribution in [0.2, 0.25) is 0 Å². The summed E-state index contributed by atoms with van der Waals surface area (Å²) in [5.41, 5.74) is 0. The normalized spacial score (nSPS) is 30.9. The second-order valence-electron chi connectivity index (χ2n) is 3.41. The lowest BCUT2D eigenvalue weighted by Gasteiger charge is -2.22. The van der Waals surface area contributed by atoms with Crippen molar-refractivity contribution >= 4 is 5.78 Å². The molecule has 0 aliphatic heterocycles. The van der Waals surface area contributed by atoms with Gasteiger partial charge in [-0.05, 0) is 24.8 Å². The summed E-state index contributed by atoms with van der Waals surface area (Å²) < 4.78 is 0. The Bertz CT molecular complexity index is 170. The lowest BCUT2D eigenvalue weighted by molar-refractivity contribution is -0.120. The second kappa shape index (κ2) is 3.70. The van der Waals surface area contributed by atoms with Gasteiger partial charge in [0.25, 0.3) is 0 Å². The van der Waals surface area contributed by atoms with Gasteiger partial charge in [0.2, 0.25) is 0 Å². The van der Waals surface area contributed by atoms with Crippen LogP contribution in [-0.4, -0.2) is 5.78 Å². The van der Waals surface area contributed by atoms with E-state index < -0.39 is 0 Å². The van der Waals surface area contributed by atoms with E-state index in [9.17, 15) is 4.79 Å². The average molecular weight is 152 g/mol. The van der Waals surface area contributed by atoms with Gasteiger partial charge in [-0.2, -0.15) is 0 Å². The van der Waals surface area contributed by atoms with Crippen LogP contribution in [0.25, 0.3) is 0 Å². The standard InChI is InChI=1S/C10H16O/c1-3-5-9-8(2)6-4-7-10(9)11/h4,7-9H,3,5-6H2,1-2H3. The molecule has 0 aromatic rings. The first-order chi connectivity index (χ1) is 5.25. The summed E-state index contributed by atoms with van der Waals surface area (Å²) in [7, 11) is 0. The predicted octanol–water partition coefficient (Wildman–Crippen LogP) is 2.57. The summed E-state index contributed by atoms with van der Waals surface area (Å²) >= 11 is 0. The van der Waals surface area contributed by atoms with Crippen molar-refractivity contribution in [2.45, 2.75) is 33.1 Å². The van der Waals surface area contributed by atoms with E-state index >= 15 is 0 Å². The molecule has 62 valence electrons. The molecule has 0 bridgehead atoms. The van der Waals surface area contributed by atoms with Crippen LogP contribution in [0.4, 0.5) is 0 Å². The lowest BCUT2D eigenvalue weighted by atomic mass is 9.81. The molecule has 0 saturated carbocycles. The molecule has 0 aromatic carbocycles. The molecule has 0 heterocycles. The maximum atomic E-state index is 11.3. The first-order valence-corrected chi connectivity index (χ1v) is 4.46. The van der Waals surface area contributed by atoms with E-state index in [1.807, 2.05) is 6.08 Å². The Kier molecular flexibility index (Phi) is 2.86. The first kappa shape index (κ1) is 8.51. The Morgan fingerprint density at radius 2 is 2.36 bits per heavy atom. The highest BCUT2D eigenvalue weighted by molar-refractivity contribution is 5.92. The minimum absolute atomic E-state index is 0.310. The highest BCUT2D eigenvalue weighted by atomic mass is 16.1. The second-order valence-corrected chi connectivity index (χ2v) is 3.41. The zero-order chi connectivity index (χ0) is 8.27. The number of ketones is 1. The monoisotopic (exact) mass is 152 g/mol. The van der Waals surface area contributed by atoms with Gasteiger partial charge in [0.1, 0.15) is 0 Å². The summed E-state index contributed by atoms with van der Waals surface area (Å²) in [5.74, 6) is 1.21. The van der Waals surface area contributed by atoms with Gasteiger partial charge in [0, 0.05) is 5.92 Å². The first-order valence-electron chi connectivity index (χ1n) is 4.46. The van der Waals surface area contributed by atoms with E-state index in [-0.39, 0.29) is 0 Å². The summed E-state index contributed by atoms with van der Waals surface area (Å²) in [5, 5.41) is 0. The molecule has 1 rings (SSSR count). The number of carbonyl (C=O) groups is 1. The van der Waals surface area contributed by atoms with Gasteiger partial charge in [0.05, 0.1) is 0 Å². The summed E-state index contributed by atoms with van der Waals surface area (Å²) in [4.78, 5) is 11.3. The van der Waals surface area contributed by atoms with Gasteiger partial charge in [-0.25, -0.2) is 0 Å². The zero-order valence-electron chi connectivity index (χ0n) is 7.34. The molecular weight excluding hydrogens is 136 g/mol. The predicted molar refractivity (Wildman–Crippen MR) is 46.3 cm³/mol. The molecule has 1 aliphatic rings. The Morgan fingerprint density at radius 3 is 2.91 bits per heavy atom. The number of allylic oxidation sites excluding steroid dienone is 2. The molecule has 11 heavy (non-hydrogen) atoms. The van der Waals surface area contributed by atoms with Crippen molar-refractivity contribution in [1.29, 1.82) is 0 Å². The van der Waals surface area contributed by atoms with Crippen molar-refractivity contribution in [3.63, 3.8) is 0 Å².